The van der Waals surface area contributed by atoms with Crippen LogP contribution in [0.5, 0.6) is 0 Å². The highest BCUT2D eigenvalue weighted by molar-refractivity contribution is 6.04. The van der Waals surface area contributed by atoms with Crippen molar-refractivity contribution in [1.82, 2.24) is 9.88 Å². The molecule has 0 bridgehead atoms. The average molecular weight is 491 g/mol. The SMILES string of the molecule is CC1(C)CC=C(c2cc(C(C)(C)OCCN3CCOCC3)ccc2NC(=O)c2cc(C#N)c[nH]2)CC1. The Kier molecular flexibility index (Phi) is 7.99. The van der Waals surface area contributed by atoms with E-state index >= 15 is 0 Å². The van der Waals surface area contributed by atoms with E-state index in [0.717, 1.165) is 68.9 Å². The summed E-state index contributed by atoms with van der Waals surface area (Å²) in [4.78, 5) is 18.2. The molecule has 1 aliphatic heterocycles. The van der Waals surface area contributed by atoms with E-state index in [1.807, 2.05) is 12.1 Å². The standard InChI is InChI=1S/C29H38N4O3/c1-28(2)9-7-22(8-10-28)24-18-23(29(3,4)36-16-13-33-11-14-35-15-12-33)5-6-25(24)32-27(34)26-17-21(19-30)20-31-26/h5-7,17-18,20,31H,8-16H2,1-4H3,(H,32,34). The van der Waals surface area contributed by atoms with Crippen LogP contribution in [0.25, 0.3) is 5.57 Å². The van der Waals surface area contributed by atoms with Crippen LogP contribution in [0.1, 0.15) is 74.1 Å². The monoisotopic (exact) mass is 490 g/mol. The summed E-state index contributed by atoms with van der Waals surface area (Å²) in [5.41, 5.74) is 4.75. The first kappa shape index (κ1) is 26.2. The maximum atomic E-state index is 12.9. The van der Waals surface area contributed by atoms with Gasteiger partial charge >= 0.3 is 0 Å². The van der Waals surface area contributed by atoms with Crippen molar-refractivity contribution in [2.24, 2.45) is 5.41 Å². The molecule has 0 spiro atoms. The summed E-state index contributed by atoms with van der Waals surface area (Å²) in [6, 6.07) is 9.81. The molecule has 2 N–H and O–H groups in total. The lowest BCUT2D eigenvalue weighted by Gasteiger charge is -2.32. The molecule has 36 heavy (non-hydrogen) atoms. The van der Waals surface area contributed by atoms with Crippen molar-refractivity contribution < 1.29 is 14.3 Å². The maximum absolute atomic E-state index is 12.9. The molecule has 7 heteroatoms. The summed E-state index contributed by atoms with van der Waals surface area (Å²) >= 11 is 0. The number of allylic oxidation sites excluding steroid dienone is 2. The fourth-order valence-corrected chi connectivity index (χ4v) is 4.73. The molecule has 1 aliphatic carbocycles. The topological polar surface area (TPSA) is 90.4 Å². The Morgan fingerprint density at radius 1 is 1.28 bits per heavy atom. The molecule has 1 amide bonds. The molecule has 192 valence electrons. The van der Waals surface area contributed by atoms with Crippen LogP contribution in [0.2, 0.25) is 0 Å². The van der Waals surface area contributed by atoms with Crippen LogP contribution in [0.15, 0.2) is 36.5 Å². The smallest absolute Gasteiger partial charge is 0.272 e. The van der Waals surface area contributed by atoms with E-state index in [2.05, 4.69) is 61.1 Å². The predicted molar refractivity (Wildman–Crippen MR) is 142 cm³/mol. The molecule has 0 atom stereocenters. The summed E-state index contributed by atoms with van der Waals surface area (Å²) in [5.74, 6) is -0.261. The number of ether oxygens (including phenoxy) is 2. The number of carbonyl (C=O) groups is 1. The van der Waals surface area contributed by atoms with Gasteiger partial charge in [-0.3, -0.25) is 9.69 Å². The lowest BCUT2D eigenvalue weighted by atomic mass is 9.76. The fraction of sp³-hybridized carbons (Fsp3) is 0.517. The zero-order valence-electron chi connectivity index (χ0n) is 21.9. The lowest BCUT2D eigenvalue weighted by Crippen LogP contribution is -2.39. The van der Waals surface area contributed by atoms with Crippen molar-refractivity contribution in [1.29, 1.82) is 5.26 Å². The van der Waals surface area contributed by atoms with Crippen molar-refractivity contribution in [3.05, 3.63) is 58.9 Å². The Hall–Kier alpha value is -2.92. The van der Waals surface area contributed by atoms with Crippen molar-refractivity contribution in [2.75, 3.05) is 44.8 Å². The number of hydrogen-bond acceptors (Lipinski definition) is 5. The molecule has 0 saturated carbocycles. The molecule has 1 aromatic carbocycles. The van der Waals surface area contributed by atoms with E-state index in [9.17, 15) is 4.79 Å². The molecule has 4 rings (SSSR count). The molecular formula is C29H38N4O3. The minimum Gasteiger partial charge on any atom is -0.379 e. The maximum Gasteiger partial charge on any atom is 0.272 e. The molecule has 1 saturated heterocycles. The minimum absolute atomic E-state index is 0.261. The van der Waals surface area contributed by atoms with Gasteiger partial charge in [-0.25, -0.2) is 0 Å². The van der Waals surface area contributed by atoms with Gasteiger partial charge in [0.15, 0.2) is 0 Å². The van der Waals surface area contributed by atoms with Gasteiger partial charge in [-0.05, 0) is 67.9 Å². The lowest BCUT2D eigenvalue weighted by molar-refractivity contribution is -0.0420. The molecular weight excluding hydrogens is 452 g/mol. The van der Waals surface area contributed by atoms with Gasteiger partial charge in [0.2, 0.25) is 0 Å². The number of benzene rings is 1. The second-order valence-corrected chi connectivity index (χ2v) is 11.0. The van der Waals surface area contributed by atoms with Crippen LogP contribution in [0.3, 0.4) is 0 Å². The third-order valence-electron chi connectivity index (χ3n) is 7.31. The normalized spacial score (nSPS) is 18.4. The summed E-state index contributed by atoms with van der Waals surface area (Å²) in [5, 5.41) is 12.2. The number of anilines is 1. The number of aromatic amines is 1. The van der Waals surface area contributed by atoms with Gasteiger partial charge in [0.25, 0.3) is 5.91 Å². The van der Waals surface area contributed by atoms with Crippen molar-refractivity contribution in [2.45, 2.75) is 52.6 Å². The number of H-pyrrole nitrogens is 1. The van der Waals surface area contributed by atoms with Crippen LogP contribution < -0.4 is 5.32 Å². The highest BCUT2D eigenvalue weighted by Gasteiger charge is 2.27. The highest BCUT2D eigenvalue weighted by atomic mass is 16.5. The molecule has 1 fully saturated rings. The number of amides is 1. The second kappa shape index (κ2) is 11.0. The molecule has 2 aliphatic rings. The van der Waals surface area contributed by atoms with Gasteiger partial charge in [0, 0.05) is 37.1 Å². The van der Waals surface area contributed by atoms with Crippen molar-refractivity contribution in [3.8, 4) is 6.07 Å². The zero-order chi connectivity index (χ0) is 25.8. The third kappa shape index (κ3) is 6.44. The van der Waals surface area contributed by atoms with Crippen LogP contribution in [-0.4, -0.2) is 55.2 Å². The van der Waals surface area contributed by atoms with Crippen LogP contribution in [0, 0.1) is 16.7 Å². The molecule has 2 heterocycles. The number of nitriles is 1. The first-order valence-corrected chi connectivity index (χ1v) is 12.8. The number of hydrogen-bond donors (Lipinski definition) is 2. The number of carbonyl (C=O) groups excluding carboxylic acids is 1. The summed E-state index contributed by atoms with van der Waals surface area (Å²) in [6.07, 6.45) is 6.91. The largest absolute Gasteiger partial charge is 0.379 e. The number of rotatable bonds is 8. The van der Waals surface area contributed by atoms with Crippen LogP contribution in [-0.2, 0) is 15.1 Å². The minimum atomic E-state index is -0.473. The Balaban J connectivity index is 1.55. The summed E-state index contributed by atoms with van der Waals surface area (Å²) in [7, 11) is 0. The number of morpholine rings is 1. The molecule has 1 aromatic heterocycles. The fourth-order valence-electron chi connectivity index (χ4n) is 4.73. The Labute approximate surface area is 214 Å². The van der Waals surface area contributed by atoms with E-state index in [1.54, 1.807) is 12.3 Å². The van der Waals surface area contributed by atoms with Crippen LogP contribution in [0.4, 0.5) is 5.69 Å². The van der Waals surface area contributed by atoms with E-state index < -0.39 is 5.60 Å². The van der Waals surface area contributed by atoms with Gasteiger partial charge in [-0.15, -0.1) is 0 Å². The molecule has 2 aromatic rings. The van der Waals surface area contributed by atoms with E-state index in [0.29, 0.717) is 17.9 Å². The molecule has 0 radical (unpaired) electrons. The van der Waals surface area contributed by atoms with Crippen LogP contribution >= 0.6 is 0 Å². The number of nitrogens with zero attached hydrogens (tertiary/aromatic N) is 2. The van der Waals surface area contributed by atoms with Crippen molar-refractivity contribution >= 4 is 17.2 Å². The number of nitrogens with one attached hydrogen (secondary N) is 2. The Morgan fingerprint density at radius 3 is 2.72 bits per heavy atom. The predicted octanol–water partition coefficient (Wildman–Crippen LogP) is 5.32. The first-order chi connectivity index (χ1) is 17.2. The quantitative estimate of drug-likeness (QED) is 0.523. The van der Waals surface area contributed by atoms with Crippen molar-refractivity contribution in [3.63, 3.8) is 0 Å². The van der Waals surface area contributed by atoms with E-state index in [1.165, 1.54) is 5.57 Å². The molecule has 7 nitrogen and oxygen atoms in total. The Morgan fingerprint density at radius 2 is 2.06 bits per heavy atom. The third-order valence-corrected chi connectivity index (χ3v) is 7.31. The van der Waals surface area contributed by atoms with Gasteiger partial charge < -0.3 is 19.8 Å². The zero-order valence-corrected chi connectivity index (χ0v) is 21.9. The average Bonchev–Trinajstić information content (AvgIpc) is 3.35. The van der Waals surface area contributed by atoms with Gasteiger partial charge in [0.05, 0.1) is 31.0 Å². The summed E-state index contributed by atoms with van der Waals surface area (Å²) < 4.78 is 11.8. The van der Waals surface area contributed by atoms with Gasteiger partial charge in [-0.2, -0.15) is 5.26 Å². The first-order valence-electron chi connectivity index (χ1n) is 12.8. The number of aromatic nitrogens is 1. The van der Waals surface area contributed by atoms with Gasteiger partial charge in [-0.1, -0.05) is 26.0 Å². The van der Waals surface area contributed by atoms with E-state index in [-0.39, 0.29) is 11.3 Å². The Bertz CT molecular complexity index is 1150. The molecule has 0 unspecified atom stereocenters. The van der Waals surface area contributed by atoms with E-state index in [4.69, 9.17) is 14.7 Å². The van der Waals surface area contributed by atoms with Gasteiger partial charge in [0.1, 0.15) is 11.8 Å². The highest BCUT2D eigenvalue weighted by Crippen LogP contribution is 2.41. The summed E-state index contributed by atoms with van der Waals surface area (Å²) in [6.45, 7) is 13.8. The second-order valence-electron chi connectivity index (χ2n) is 11.0.